The normalized spacial score (nSPS) is 25.6. The quantitative estimate of drug-likeness (QED) is 0.195. The topological polar surface area (TPSA) is 43.5 Å². The van der Waals surface area contributed by atoms with Crippen LogP contribution in [-0.4, -0.2) is 55.8 Å². The molecule has 4 nitrogen and oxygen atoms in total. The summed E-state index contributed by atoms with van der Waals surface area (Å²) in [6, 6.07) is 0. The third-order valence-electron chi connectivity index (χ3n) is 3.60. The van der Waals surface area contributed by atoms with Gasteiger partial charge in [0, 0.05) is 6.61 Å². The fourth-order valence-corrected chi connectivity index (χ4v) is 2.68. The third-order valence-corrected chi connectivity index (χ3v) is 4.36. The van der Waals surface area contributed by atoms with Crippen molar-refractivity contribution in [1.82, 2.24) is 0 Å². The van der Waals surface area contributed by atoms with Crippen LogP contribution >= 0.6 is 22.6 Å². The van der Waals surface area contributed by atoms with E-state index in [1.165, 1.54) is 30.1 Å². The third kappa shape index (κ3) is 8.77. The number of alkyl halides is 1. The molecule has 0 aromatic rings. The summed E-state index contributed by atoms with van der Waals surface area (Å²) in [5.74, 6) is 0. The number of hydrogen-bond acceptors (Lipinski definition) is 4. The molecule has 0 N–H and O–H groups in total. The van der Waals surface area contributed by atoms with Crippen molar-refractivity contribution < 1.29 is 18.9 Å². The Labute approximate surface area is 136 Å². The predicted octanol–water partition coefficient (Wildman–Crippen LogP) is 2.96. The van der Waals surface area contributed by atoms with Crippen molar-refractivity contribution in [1.29, 1.82) is 0 Å². The molecule has 0 aromatic heterocycles. The van der Waals surface area contributed by atoms with E-state index in [1.807, 2.05) is 0 Å². The van der Waals surface area contributed by atoms with Gasteiger partial charge in [0.15, 0.2) is 0 Å². The van der Waals surface area contributed by atoms with Crippen LogP contribution in [0, 0.1) is 0 Å². The fourth-order valence-electron chi connectivity index (χ4n) is 2.14. The molecule has 2 heterocycles. The molecule has 2 fully saturated rings. The molecule has 0 radical (unpaired) electrons. The second-order valence-corrected chi connectivity index (χ2v) is 6.70. The molecule has 2 rings (SSSR count). The van der Waals surface area contributed by atoms with Crippen molar-refractivity contribution >= 4 is 22.6 Å². The van der Waals surface area contributed by atoms with Crippen molar-refractivity contribution in [3.05, 3.63) is 0 Å². The number of ether oxygens (including phenoxy) is 4. The zero-order chi connectivity index (χ0) is 14.0. The van der Waals surface area contributed by atoms with Gasteiger partial charge in [-0.15, -0.1) is 0 Å². The Morgan fingerprint density at radius 2 is 1.60 bits per heavy atom. The van der Waals surface area contributed by atoms with Gasteiger partial charge >= 0.3 is 0 Å². The first-order valence-electron chi connectivity index (χ1n) is 7.87. The average molecular weight is 398 g/mol. The summed E-state index contributed by atoms with van der Waals surface area (Å²) in [4.78, 5) is 0. The SMILES string of the molecule is ICCCCC(CCCCOCC1CO1)OCC1CO1. The van der Waals surface area contributed by atoms with Crippen molar-refractivity contribution in [3.8, 4) is 0 Å². The van der Waals surface area contributed by atoms with E-state index in [4.69, 9.17) is 18.9 Å². The number of hydrogen-bond donors (Lipinski definition) is 0. The van der Waals surface area contributed by atoms with E-state index in [0.29, 0.717) is 18.3 Å². The summed E-state index contributed by atoms with van der Waals surface area (Å²) in [7, 11) is 0. The zero-order valence-electron chi connectivity index (χ0n) is 12.2. The van der Waals surface area contributed by atoms with Crippen molar-refractivity contribution in [2.24, 2.45) is 0 Å². The standard InChI is InChI=1S/C15H27IO4/c16-7-3-1-5-13(18-11-15-12-20-15)6-2-4-8-17-9-14-10-19-14/h13-15H,1-12H2. The van der Waals surface area contributed by atoms with Crippen LogP contribution in [0.15, 0.2) is 0 Å². The maximum atomic E-state index is 5.98. The highest BCUT2D eigenvalue weighted by Gasteiger charge is 2.24. The lowest BCUT2D eigenvalue weighted by Gasteiger charge is -2.17. The van der Waals surface area contributed by atoms with Crippen LogP contribution < -0.4 is 0 Å². The second kappa shape index (κ2) is 10.3. The van der Waals surface area contributed by atoms with Crippen molar-refractivity contribution in [2.75, 3.05) is 37.5 Å². The molecule has 3 atom stereocenters. The molecule has 118 valence electrons. The molecule has 0 aromatic carbocycles. The van der Waals surface area contributed by atoms with E-state index in [0.717, 1.165) is 45.9 Å². The van der Waals surface area contributed by atoms with Gasteiger partial charge in [-0.25, -0.2) is 0 Å². The van der Waals surface area contributed by atoms with E-state index in [9.17, 15) is 0 Å². The van der Waals surface area contributed by atoms with E-state index in [-0.39, 0.29) is 0 Å². The molecule has 2 aliphatic heterocycles. The van der Waals surface area contributed by atoms with Crippen LogP contribution in [0.25, 0.3) is 0 Å². The second-order valence-electron chi connectivity index (χ2n) is 5.62. The van der Waals surface area contributed by atoms with Gasteiger partial charge in [-0.1, -0.05) is 29.0 Å². The molecule has 20 heavy (non-hydrogen) atoms. The minimum atomic E-state index is 0.379. The van der Waals surface area contributed by atoms with Crippen LogP contribution in [-0.2, 0) is 18.9 Å². The number of rotatable bonds is 14. The number of unbranched alkanes of at least 4 members (excludes halogenated alkanes) is 2. The van der Waals surface area contributed by atoms with Gasteiger partial charge in [0.1, 0.15) is 12.2 Å². The van der Waals surface area contributed by atoms with Crippen LogP contribution in [0.1, 0.15) is 38.5 Å². The van der Waals surface area contributed by atoms with Crippen molar-refractivity contribution in [2.45, 2.75) is 56.8 Å². The Kier molecular flexibility index (Phi) is 8.74. The summed E-state index contributed by atoms with van der Waals surface area (Å²) in [6.45, 7) is 4.18. The molecule has 2 saturated heterocycles. The Hall–Kier alpha value is 0.570. The van der Waals surface area contributed by atoms with E-state index in [1.54, 1.807) is 0 Å². The van der Waals surface area contributed by atoms with Gasteiger partial charge < -0.3 is 18.9 Å². The minimum Gasteiger partial charge on any atom is -0.379 e. The first-order valence-corrected chi connectivity index (χ1v) is 9.39. The molecule has 0 aliphatic carbocycles. The Morgan fingerprint density at radius 3 is 2.25 bits per heavy atom. The zero-order valence-corrected chi connectivity index (χ0v) is 14.4. The highest BCUT2D eigenvalue weighted by Crippen LogP contribution is 2.17. The summed E-state index contributed by atoms with van der Waals surface area (Å²) in [5.41, 5.74) is 0. The molecule has 0 amide bonds. The van der Waals surface area contributed by atoms with Gasteiger partial charge in [0.05, 0.1) is 32.5 Å². The maximum Gasteiger partial charge on any atom is 0.104 e. The van der Waals surface area contributed by atoms with Gasteiger partial charge in [-0.3, -0.25) is 0 Å². The molecule has 0 saturated carbocycles. The van der Waals surface area contributed by atoms with Crippen LogP contribution in [0.2, 0.25) is 0 Å². The van der Waals surface area contributed by atoms with E-state index < -0.39 is 0 Å². The maximum absolute atomic E-state index is 5.98. The molecule has 0 bridgehead atoms. The number of halogens is 1. The average Bonchev–Trinajstić information content (AvgIpc) is 3.33. The highest BCUT2D eigenvalue weighted by atomic mass is 127. The van der Waals surface area contributed by atoms with Crippen LogP contribution in [0.3, 0.4) is 0 Å². The Morgan fingerprint density at radius 1 is 0.950 bits per heavy atom. The minimum absolute atomic E-state index is 0.379. The van der Waals surface area contributed by atoms with Crippen LogP contribution in [0.5, 0.6) is 0 Å². The largest absolute Gasteiger partial charge is 0.379 e. The smallest absolute Gasteiger partial charge is 0.104 e. The molecule has 0 spiro atoms. The monoisotopic (exact) mass is 398 g/mol. The summed E-state index contributed by atoms with van der Waals surface area (Å²) >= 11 is 2.44. The predicted molar refractivity (Wildman–Crippen MR) is 86.6 cm³/mol. The first-order chi connectivity index (χ1) is 9.88. The summed E-state index contributed by atoms with van der Waals surface area (Å²) < 4.78 is 23.1. The van der Waals surface area contributed by atoms with Gasteiger partial charge in [-0.2, -0.15) is 0 Å². The van der Waals surface area contributed by atoms with Gasteiger partial charge in [-0.05, 0) is 36.5 Å². The molecular formula is C15H27IO4. The lowest BCUT2D eigenvalue weighted by molar-refractivity contribution is 0.0272. The Balaban J connectivity index is 1.46. The first kappa shape index (κ1) is 16.9. The molecule has 2 aliphatic rings. The molecular weight excluding hydrogens is 371 g/mol. The van der Waals surface area contributed by atoms with E-state index >= 15 is 0 Å². The van der Waals surface area contributed by atoms with Gasteiger partial charge in [0.25, 0.3) is 0 Å². The van der Waals surface area contributed by atoms with Crippen LogP contribution in [0.4, 0.5) is 0 Å². The lowest BCUT2D eigenvalue weighted by Crippen LogP contribution is -2.17. The number of epoxide rings is 2. The highest BCUT2D eigenvalue weighted by molar-refractivity contribution is 14.1. The van der Waals surface area contributed by atoms with Crippen molar-refractivity contribution in [3.63, 3.8) is 0 Å². The molecule has 5 heteroatoms. The summed E-state index contributed by atoms with van der Waals surface area (Å²) in [6.07, 6.45) is 8.39. The fraction of sp³-hybridized carbons (Fsp3) is 1.00. The van der Waals surface area contributed by atoms with Gasteiger partial charge in [0.2, 0.25) is 0 Å². The lowest BCUT2D eigenvalue weighted by atomic mass is 10.1. The summed E-state index contributed by atoms with van der Waals surface area (Å²) in [5, 5.41) is 0. The molecule has 3 unspecified atom stereocenters. The Bertz CT molecular complexity index is 244. The van der Waals surface area contributed by atoms with E-state index in [2.05, 4.69) is 22.6 Å².